The van der Waals surface area contributed by atoms with E-state index in [4.69, 9.17) is 11.0 Å². The van der Waals surface area contributed by atoms with Gasteiger partial charge >= 0.3 is 0 Å². The third-order valence-corrected chi connectivity index (χ3v) is 7.75. The lowest BCUT2D eigenvalue weighted by Gasteiger charge is -2.38. The van der Waals surface area contributed by atoms with Crippen LogP contribution >= 0.6 is 0 Å². The van der Waals surface area contributed by atoms with Crippen LogP contribution < -0.4 is 11.1 Å². The molecule has 0 saturated carbocycles. The van der Waals surface area contributed by atoms with Crippen molar-refractivity contribution in [1.29, 1.82) is 5.26 Å². The Morgan fingerprint density at radius 3 is 2.50 bits per heavy atom. The Balaban J connectivity index is 1.99. The number of nitriles is 1. The Kier molecular flexibility index (Phi) is 5.69. The average Bonchev–Trinajstić information content (AvgIpc) is 2.72. The van der Waals surface area contributed by atoms with Gasteiger partial charge in [-0.05, 0) is 38.1 Å². The molecule has 9 nitrogen and oxygen atoms in total. The maximum Gasteiger partial charge on any atom is 0.275 e. The third kappa shape index (κ3) is 3.77. The number of pyridine rings is 2. The van der Waals surface area contributed by atoms with Crippen LogP contribution in [0.5, 0.6) is 0 Å². The normalized spacial score (nSPS) is 24.5. The predicted octanol–water partition coefficient (Wildman–Crippen LogP) is 1.76. The molecular weight excluding hydrogens is 449 g/mol. The molecule has 0 aliphatic carbocycles. The van der Waals surface area contributed by atoms with Gasteiger partial charge in [-0.25, -0.2) is 31.6 Å². The van der Waals surface area contributed by atoms with E-state index >= 15 is 0 Å². The van der Waals surface area contributed by atoms with Crippen LogP contribution in [-0.2, 0) is 15.4 Å². The van der Waals surface area contributed by atoms with Gasteiger partial charge in [0.1, 0.15) is 40.5 Å². The van der Waals surface area contributed by atoms with Gasteiger partial charge in [0.25, 0.3) is 12.3 Å². The monoisotopic (exact) mass is 466 g/mol. The molecular formula is C19H17F3N6O3S. The molecule has 3 N–H and O–H groups in total. The first-order valence-corrected chi connectivity index (χ1v) is 10.7. The summed E-state index contributed by atoms with van der Waals surface area (Å²) >= 11 is 0. The van der Waals surface area contributed by atoms with Crippen LogP contribution in [-0.4, -0.2) is 47.1 Å². The Bertz CT molecular complexity index is 1260. The summed E-state index contributed by atoms with van der Waals surface area (Å²) in [6.07, 6.45) is -2.16. The zero-order valence-electron chi connectivity index (χ0n) is 16.8. The van der Waals surface area contributed by atoms with E-state index < -0.39 is 55.6 Å². The zero-order valence-corrected chi connectivity index (χ0v) is 17.6. The van der Waals surface area contributed by atoms with Gasteiger partial charge in [-0.2, -0.15) is 5.26 Å². The molecule has 0 radical (unpaired) electrons. The van der Waals surface area contributed by atoms with Gasteiger partial charge < -0.3 is 11.1 Å². The predicted molar refractivity (Wildman–Crippen MR) is 108 cm³/mol. The van der Waals surface area contributed by atoms with Crippen LogP contribution in [0.3, 0.4) is 0 Å². The third-order valence-electron chi connectivity index (χ3n) is 5.13. The Morgan fingerprint density at radius 1 is 1.28 bits per heavy atom. The van der Waals surface area contributed by atoms with Gasteiger partial charge in [-0.3, -0.25) is 9.79 Å². The quantitative estimate of drug-likeness (QED) is 0.697. The molecule has 3 heterocycles. The first-order chi connectivity index (χ1) is 14.8. The highest BCUT2D eigenvalue weighted by Gasteiger charge is 2.58. The molecule has 0 aromatic carbocycles. The summed E-state index contributed by atoms with van der Waals surface area (Å²) in [5, 5.41) is 11.2. The van der Waals surface area contributed by atoms with E-state index in [1.165, 1.54) is 25.3 Å². The number of hydrogen-bond acceptors (Lipinski definition) is 8. The molecule has 32 heavy (non-hydrogen) atoms. The molecule has 3 rings (SSSR count). The maximum absolute atomic E-state index is 14.6. The molecule has 168 valence electrons. The van der Waals surface area contributed by atoms with E-state index in [-0.39, 0.29) is 17.1 Å². The van der Waals surface area contributed by atoms with E-state index in [1.54, 1.807) is 0 Å². The minimum Gasteiger partial charge on any atom is -0.386 e. The SMILES string of the molecule is C[C@@]1(C(F)F)C(N)=N[C@](C)(c2nc(NC(=O)c3ccc(C#N)cn3)ccc2F)CS1(=O)=O. The van der Waals surface area contributed by atoms with E-state index in [2.05, 4.69) is 20.3 Å². The van der Waals surface area contributed by atoms with Gasteiger partial charge in [0.2, 0.25) is 0 Å². The number of aromatic nitrogens is 2. The van der Waals surface area contributed by atoms with Crippen molar-refractivity contribution in [3.8, 4) is 6.07 Å². The summed E-state index contributed by atoms with van der Waals surface area (Å²) in [7, 11) is -4.57. The first kappa shape index (κ1) is 23.1. The lowest BCUT2D eigenvalue weighted by molar-refractivity contribution is 0.102. The van der Waals surface area contributed by atoms with E-state index in [1.807, 2.05) is 6.07 Å². The molecule has 2 aromatic heterocycles. The van der Waals surface area contributed by atoms with Crippen LogP contribution in [0, 0.1) is 17.1 Å². The fourth-order valence-corrected chi connectivity index (χ4v) is 5.00. The lowest BCUT2D eigenvalue weighted by atomic mass is 9.98. The van der Waals surface area contributed by atoms with Crippen LogP contribution in [0.2, 0.25) is 0 Å². The molecule has 0 spiro atoms. The fraction of sp³-hybridized carbons (Fsp3) is 0.316. The number of sulfone groups is 1. The van der Waals surface area contributed by atoms with E-state index in [0.29, 0.717) is 0 Å². The summed E-state index contributed by atoms with van der Waals surface area (Å²) in [6.45, 7) is 1.96. The van der Waals surface area contributed by atoms with Crippen LogP contribution in [0.4, 0.5) is 19.0 Å². The number of hydrogen-bond donors (Lipinski definition) is 2. The van der Waals surface area contributed by atoms with Crippen molar-refractivity contribution in [2.75, 3.05) is 11.1 Å². The van der Waals surface area contributed by atoms with Gasteiger partial charge in [0.05, 0.1) is 11.3 Å². The average molecular weight is 466 g/mol. The summed E-state index contributed by atoms with van der Waals surface area (Å²) in [4.78, 5) is 24.0. The number of amidine groups is 1. The van der Waals surface area contributed by atoms with Crippen molar-refractivity contribution in [2.45, 2.75) is 30.6 Å². The zero-order chi connectivity index (χ0) is 23.9. The minimum absolute atomic E-state index is 0.0573. The minimum atomic E-state index is -4.57. The van der Waals surface area contributed by atoms with Crippen molar-refractivity contribution >= 4 is 27.4 Å². The number of alkyl halides is 2. The topological polar surface area (TPSA) is 151 Å². The van der Waals surface area contributed by atoms with Gasteiger partial charge in [-0.15, -0.1) is 0 Å². The number of rotatable bonds is 4. The Labute approximate surface area is 181 Å². The van der Waals surface area contributed by atoms with E-state index in [0.717, 1.165) is 19.1 Å². The lowest BCUT2D eigenvalue weighted by Crippen LogP contribution is -2.60. The molecule has 0 unspecified atom stereocenters. The molecule has 2 atom stereocenters. The van der Waals surface area contributed by atoms with Crippen molar-refractivity contribution in [2.24, 2.45) is 10.7 Å². The highest BCUT2D eigenvalue weighted by Crippen LogP contribution is 2.40. The number of nitrogens with one attached hydrogen (secondary N) is 1. The van der Waals surface area contributed by atoms with Crippen molar-refractivity contribution in [3.05, 3.63) is 53.2 Å². The number of carbonyl (C=O) groups is 1. The Morgan fingerprint density at radius 2 is 1.97 bits per heavy atom. The Hall–Kier alpha value is -3.53. The first-order valence-electron chi connectivity index (χ1n) is 9.05. The second-order valence-electron chi connectivity index (χ2n) is 7.46. The maximum atomic E-state index is 14.6. The van der Waals surface area contributed by atoms with Crippen molar-refractivity contribution < 1.29 is 26.4 Å². The molecule has 0 fully saturated rings. The molecule has 0 bridgehead atoms. The highest BCUT2D eigenvalue weighted by atomic mass is 32.2. The summed E-state index contributed by atoms with van der Waals surface area (Å²) in [5.74, 6) is -3.69. The molecule has 13 heteroatoms. The number of carbonyl (C=O) groups excluding carboxylic acids is 1. The molecule has 2 aromatic rings. The number of nitrogens with zero attached hydrogens (tertiary/aromatic N) is 4. The summed E-state index contributed by atoms with van der Waals surface area (Å²) in [5.41, 5.74) is 3.39. The van der Waals surface area contributed by atoms with Gasteiger partial charge in [0, 0.05) is 6.20 Å². The summed E-state index contributed by atoms with van der Waals surface area (Å²) in [6, 6.07) is 6.57. The molecule has 1 aliphatic rings. The number of amides is 1. The number of nitrogens with two attached hydrogens (primary N) is 1. The number of halogens is 3. The van der Waals surface area contributed by atoms with Crippen molar-refractivity contribution in [3.63, 3.8) is 0 Å². The van der Waals surface area contributed by atoms with Gasteiger partial charge in [-0.1, -0.05) is 0 Å². The second-order valence-corrected chi connectivity index (χ2v) is 9.83. The smallest absolute Gasteiger partial charge is 0.275 e. The standard InChI is InChI=1S/C19H17F3N6O3S/c1-18(9-32(30,31)19(2,16(21)22)17(24)28-18)14-11(20)4-6-13(26-14)27-15(29)12-5-3-10(7-23)8-25-12/h3-6,8,16H,9H2,1-2H3,(H2,24,28)(H,26,27,29)/t18-,19+/m0/s1. The molecule has 0 saturated heterocycles. The summed E-state index contributed by atoms with van der Waals surface area (Å²) < 4.78 is 64.2. The van der Waals surface area contributed by atoms with Crippen LogP contribution in [0.1, 0.15) is 35.6 Å². The van der Waals surface area contributed by atoms with Gasteiger partial charge in [0.15, 0.2) is 14.6 Å². The van der Waals surface area contributed by atoms with Crippen LogP contribution in [0.15, 0.2) is 35.5 Å². The second kappa shape index (κ2) is 7.86. The van der Waals surface area contributed by atoms with Crippen LogP contribution in [0.25, 0.3) is 0 Å². The largest absolute Gasteiger partial charge is 0.386 e. The number of anilines is 1. The molecule has 1 aliphatic heterocycles. The molecule has 1 amide bonds. The number of aliphatic imine (C=N–C) groups is 1. The van der Waals surface area contributed by atoms with E-state index in [9.17, 15) is 26.4 Å². The highest BCUT2D eigenvalue weighted by molar-refractivity contribution is 7.93. The van der Waals surface area contributed by atoms with Crippen molar-refractivity contribution in [1.82, 2.24) is 9.97 Å². The fourth-order valence-electron chi connectivity index (χ4n) is 3.12.